The lowest BCUT2D eigenvalue weighted by atomic mass is 9.87. The first kappa shape index (κ1) is 28.0. The lowest BCUT2D eigenvalue weighted by molar-refractivity contribution is 0.670. The van der Waals surface area contributed by atoms with Gasteiger partial charge in [0.2, 0.25) is 0 Å². The van der Waals surface area contributed by atoms with E-state index >= 15 is 0 Å². The van der Waals surface area contributed by atoms with Crippen LogP contribution in [0.1, 0.15) is 70.0 Å². The maximum absolute atomic E-state index is 8.77. The predicted molar refractivity (Wildman–Crippen MR) is 237 cm³/mol. The van der Waals surface area contributed by atoms with Crippen LogP contribution < -0.4 is 0 Å². The molecule has 0 aliphatic rings. The number of rotatable bonds is 6. The third-order valence-corrected chi connectivity index (χ3v) is 11.4. The van der Waals surface area contributed by atoms with Gasteiger partial charge in [0.15, 0.2) is 0 Å². The Morgan fingerprint density at radius 2 is 1.23 bits per heavy atom. The zero-order valence-corrected chi connectivity index (χ0v) is 31.8. The fraction of sp³-hybridized carbons (Fsp3) is 0.151. The van der Waals surface area contributed by atoms with Gasteiger partial charge in [0.05, 0.1) is 22.3 Å². The van der Waals surface area contributed by atoms with Gasteiger partial charge in [-0.05, 0) is 128 Å². The number of benzene rings is 8. The number of aryl methyl sites for hydroxylation is 2. The van der Waals surface area contributed by atoms with Crippen LogP contribution in [0.25, 0.3) is 93.8 Å². The van der Waals surface area contributed by atoms with Crippen molar-refractivity contribution in [1.29, 1.82) is 0 Å². The molecular formula is C53H44N2O. The van der Waals surface area contributed by atoms with E-state index in [0.717, 1.165) is 60.6 Å². The predicted octanol–water partition coefficient (Wildman–Crippen LogP) is 15.1. The van der Waals surface area contributed by atoms with Crippen LogP contribution in [0, 0.1) is 13.7 Å². The SMILES string of the molecule is [2H]C([2H])([2H])c1ccc(-c2nc3cccc(C([2H])([2H])[2H])c3n2-c2c(C(C)C)cc(-c3ccc(-c4ccccc4)cc3)cc2C(C)C)c2oc3cc4c(ccc5ccccc54)cc3c12. The molecule has 0 N–H and O–H groups in total. The van der Waals surface area contributed by atoms with E-state index in [4.69, 9.17) is 17.6 Å². The molecule has 10 aromatic rings. The van der Waals surface area contributed by atoms with Crippen LogP contribution in [0.15, 0.2) is 150 Å². The molecule has 3 heteroatoms. The van der Waals surface area contributed by atoms with Crippen LogP contribution in [-0.2, 0) is 0 Å². The average molecular weight is 731 g/mol. The second-order valence-electron chi connectivity index (χ2n) is 15.5. The van der Waals surface area contributed by atoms with Gasteiger partial charge in [-0.15, -0.1) is 0 Å². The molecular weight excluding hydrogens is 681 g/mol. The molecule has 0 spiro atoms. The molecule has 10 rings (SSSR count). The van der Waals surface area contributed by atoms with Crippen LogP contribution in [0.5, 0.6) is 0 Å². The Morgan fingerprint density at radius 3 is 1.96 bits per heavy atom. The Morgan fingerprint density at radius 1 is 0.554 bits per heavy atom. The summed E-state index contributed by atoms with van der Waals surface area (Å²) in [7, 11) is 0. The van der Waals surface area contributed by atoms with Gasteiger partial charge in [-0.3, -0.25) is 4.57 Å². The molecule has 0 saturated heterocycles. The van der Waals surface area contributed by atoms with Crippen LogP contribution in [-0.4, -0.2) is 9.55 Å². The molecule has 0 fully saturated rings. The summed E-state index contributed by atoms with van der Waals surface area (Å²) in [4.78, 5) is 5.27. The summed E-state index contributed by atoms with van der Waals surface area (Å²) in [5.41, 5.74) is 10.2. The maximum Gasteiger partial charge on any atom is 0.149 e. The fourth-order valence-electron chi connectivity index (χ4n) is 8.55. The van der Waals surface area contributed by atoms with Gasteiger partial charge in [0.25, 0.3) is 0 Å². The molecule has 0 unspecified atom stereocenters. The topological polar surface area (TPSA) is 31.0 Å². The Bertz CT molecular complexity index is 3340. The van der Waals surface area contributed by atoms with Gasteiger partial charge in [-0.2, -0.15) is 0 Å². The van der Waals surface area contributed by atoms with Crippen molar-refractivity contribution in [3.63, 3.8) is 0 Å². The number of hydrogen-bond donors (Lipinski definition) is 0. The van der Waals surface area contributed by atoms with Crippen LogP contribution in [0.3, 0.4) is 0 Å². The van der Waals surface area contributed by atoms with Crippen molar-refractivity contribution < 1.29 is 12.6 Å². The standard InChI is InChI=1S/C53H44N2O/c1-31(2)43-28-40(37-22-20-36(21-23-37)35-14-8-7-9-15-35)29-44(32(3)4)51(43)55-50-34(6)13-12-18-47(50)54-53(55)42-26-19-33(5)49-46-27-39-25-24-38-16-10-11-17-41(38)45(39)30-48(46)56-52(42)49/h7-32H,1-6H3/i5D3,6D3. The van der Waals surface area contributed by atoms with E-state index in [-0.39, 0.29) is 23.0 Å². The smallest absolute Gasteiger partial charge is 0.149 e. The summed E-state index contributed by atoms with van der Waals surface area (Å²) in [6, 6.07) is 48.4. The summed E-state index contributed by atoms with van der Waals surface area (Å²) >= 11 is 0. The van der Waals surface area contributed by atoms with Crippen molar-refractivity contribution in [3.05, 3.63) is 168 Å². The van der Waals surface area contributed by atoms with Crippen molar-refractivity contribution in [2.45, 2.75) is 53.2 Å². The van der Waals surface area contributed by atoms with Gasteiger partial charge in [0.1, 0.15) is 17.0 Å². The largest absolute Gasteiger partial charge is 0.455 e. The minimum Gasteiger partial charge on any atom is -0.455 e. The molecule has 56 heavy (non-hydrogen) atoms. The number of hydrogen-bond acceptors (Lipinski definition) is 2. The van der Waals surface area contributed by atoms with E-state index in [1.807, 2.05) is 53.1 Å². The molecule has 0 aliphatic heterocycles. The zero-order chi connectivity index (χ0) is 43.2. The highest BCUT2D eigenvalue weighted by atomic mass is 16.3. The Hall–Kier alpha value is -6.45. The number of aromatic nitrogens is 2. The fourth-order valence-corrected chi connectivity index (χ4v) is 8.55. The van der Waals surface area contributed by atoms with Crippen molar-refractivity contribution in [2.24, 2.45) is 0 Å². The summed E-state index contributed by atoms with van der Waals surface area (Å²) in [5, 5.41) is 5.31. The van der Waals surface area contributed by atoms with Crippen LogP contribution >= 0.6 is 0 Å². The van der Waals surface area contributed by atoms with E-state index in [0.29, 0.717) is 44.4 Å². The maximum atomic E-state index is 8.77. The first-order valence-electron chi connectivity index (χ1n) is 22.3. The van der Waals surface area contributed by atoms with Gasteiger partial charge in [0, 0.05) is 19.0 Å². The molecule has 0 radical (unpaired) electrons. The van der Waals surface area contributed by atoms with Crippen LogP contribution in [0.2, 0.25) is 0 Å². The zero-order valence-electron chi connectivity index (χ0n) is 37.8. The first-order chi connectivity index (χ1) is 29.7. The molecule has 0 amide bonds. The molecule has 0 atom stereocenters. The van der Waals surface area contributed by atoms with Gasteiger partial charge >= 0.3 is 0 Å². The number of nitrogens with zero attached hydrogens (tertiary/aromatic N) is 2. The molecule has 272 valence electrons. The lowest BCUT2D eigenvalue weighted by Crippen LogP contribution is -2.10. The highest BCUT2D eigenvalue weighted by Crippen LogP contribution is 2.45. The van der Waals surface area contributed by atoms with Gasteiger partial charge in [-0.25, -0.2) is 4.98 Å². The highest BCUT2D eigenvalue weighted by molar-refractivity contribution is 6.18. The van der Waals surface area contributed by atoms with E-state index in [1.165, 1.54) is 0 Å². The normalized spacial score (nSPS) is 14.1. The van der Waals surface area contributed by atoms with E-state index < -0.39 is 13.7 Å². The van der Waals surface area contributed by atoms with E-state index in [2.05, 4.69) is 100 Å². The second-order valence-corrected chi connectivity index (χ2v) is 15.5. The highest BCUT2D eigenvalue weighted by Gasteiger charge is 2.27. The lowest BCUT2D eigenvalue weighted by Gasteiger charge is -2.25. The molecule has 3 nitrogen and oxygen atoms in total. The molecule has 8 aromatic carbocycles. The van der Waals surface area contributed by atoms with Gasteiger partial charge in [-0.1, -0.05) is 137 Å². The van der Waals surface area contributed by atoms with E-state index in [1.54, 1.807) is 24.3 Å². The minimum absolute atomic E-state index is 0.0164. The third kappa shape index (κ3) is 5.37. The Balaban J connectivity index is 1.29. The Labute approximate surface area is 336 Å². The summed E-state index contributed by atoms with van der Waals surface area (Å²) in [6.45, 7) is 3.72. The Kier molecular flexibility index (Phi) is 6.56. The van der Waals surface area contributed by atoms with Crippen molar-refractivity contribution >= 4 is 54.5 Å². The summed E-state index contributed by atoms with van der Waals surface area (Å²) in [5.74, 6) is 0.502. The number of para-hydroxylation sites is 1. The van der Waals surface area contributed by atoms with Crippen molar-refractivity contribution in [3.8, 4) is 39.3 Å². The summed E-state index contributed by atoms with van der Waals surface area (Å²) < 4.78 is 61.3. The number of imidazole rings is 1. The van der Waals surface area contributed by atoms with Crippen LogP contribution in [0.4, 0.5) is 0 Å². The number of fused-ring (bicyclic) bond motifs is 7. The number of furan rings is 1. The first-order valence-corrected chi connectivity index (χ1v) is 19.3. The monoisotopic (exact) mass is 730 g/mol. The van der Waals surface area contributed by atoms with Crippen molar-refractivity contribution in [2.75, 3.05) is 0 Å². The summed E-state index contributed by atoms with van der Waals surface area (Å²) in [6.07, 6.45) is 0. The molecule has 2 aromatic heterocycles. The second kappa shape index (κ2) is 13.1. The minimum atomic E-state index is -2.46. The molecule has 0 bridgehead atoms. The molecule has 2 heterocycles. The van der Waals surface area contributed by atoms with E-state index in [9.17, 15) is 0 Å². The van der Waals surface area contributed by atoms with Gasteiger partial charge < -0.3 is 4.42 Å². The van der Waals surface area contributed by atoms with Crippen molar-refractivity contribution in [1.82, 2.24) is 9.55 Å². The molecule has 0 saturated carbocycles. The quantitative estimate of drug-likeness (QED) is 0.160. The molecule has 0 aliphatic carbocycles. The third-order valence-electron chi connectivity index (χ3n) is 11.4. The average Bonchev–Trinajstić information content (AvgIpc) is 3.83.